The molecule has 1 aliphatic rings. The molecule has 1 aliphatic heterocycles. The van der Waals surface area contributed by atoms with Crippen molar-refractivity contribution in [2.75, 3.05) is 25.4 Å². The SMILES string of the molecule is CCC(C)CCCCCCC(=O)NC(Cc1c[nH]c2ccccc12)C(=O)NC(CC(N)=O)C(=O)NC(CC(=O)O)C(=O)NC1C(=O)NCC(=O)NC(CCCN)C(=O)NC(CC(=O)O)C(=O)NC(C)C(=O)NC(CC(=O)O)C(=O)NCC(=O)NC(CC(N)=O)C(=O)NC(CCC(=O)O)C(=O)NC(CC(=O)c2ccccc2N)C(=O)OC1C. The van der Waals surface area contributed by atoms with Crippen molar-refractivity contribution in [2.45, 2.75) is 216 Å². The number of nitrogens with two attached hydrogens (primary N) is 4. The largest absolute Gasteiger partial charge is 0.481 e. The number of ether oxygens (including phenoxy) is 1. The van der Waals surface area contributed by atoms with Crippen molar-refractivity contribution in [3.63, 3.8) is 0 Å². The number of aromatic nitrogens is 1. The van der Waals surface area contributed by atoms with Crippen LogP contribution in [0.5, 0.6) is 0 Å². The maximum atomic E-state index is 14.8. The molecule has 3 aromatic rings. The number of hydrogen-bond donors (Lipinski definition) is 22. The van der Waals surface area contributed by atoms with E-state index in [1.807, 2.05) is 16.0 Å². The van der Waals surface area contributed by atoms with Gasteiger partial charge in [0, 0.05) is 54.0 Å². The molecule has 1 saturated heterocycles. The second-order valence-electron chi connectivity index (χ2n) is 27.8. The summed E-state index contributed by atoms with van der Waals surface area (Å²) < 4.78 is 5.67. The van der Waals surface area contributed by atoms with Gasteiger partial charge in [-0.2, -0.15) is 0 Å². The normalized spacial score (nSPS) is 21.0. The van der Waals surface area contributed by atoms with Crippen LogP contribution in [0.3, 0.4) is 0 Å². The van der Waals surface area contributed by atoms with Gasteiger partial charge in [0.05, 0.1) is 45.2 Å². The number of H-pyrrole nitrogens is 1. The van der Waals surface area contributed by atoms with Gasteiger partial charge < -0.3 is 122 Å². The van der Waals surface area contributed by atoms with Crippen LogP contribution in [0, 0.1) is 5.92 Å². The van der Waals surface area contributed by atoms with Gasteiger partial charge in [0.2, 0.25) is 88.6 Å². The zero-order valence-electron chi connectivity index (χ0n) is 64.6. The number of fused-ring (bicyclic) bond motifs is 1. The highest BCUT2D eigenvalue weighted by Crippen LogP contribution is 2.22. The lowest BCUT2D eigenvalue weighted by Crippen LogP contribution is -2.61. The van der Waals surface area contributed by atoms with Crippen LogP contribution in [-0.2, 0) is 107 Å². The number of benzene rings is 2. The first-order chi connectivity index (χ1) is 55.2. The van der Waals surface area contributed by atoms with Crippen molar-refractivity contribution < 1.29 is 126 Å². The predicted octanol–water partition coefficient (Wildman–Crippen LogP) is -5.74. The van der Waals surface area contributed by atoms with Crippen molar-refractivity contribution >= 4 is 141 Å². The number of anilines is 1. The average Bonchev–Trinajstić information content (AvgIpc) is 1.72. The van der Waals surface area contributed by atoms with Gasteiger partial charge in [0.25, 0.3) is 0 Å². The summed E-state index contributed by atoms with van der Waals surface area (Å²) in [5, 5.41) is 68.1. The van der Waals surface area contributed by atoms with Crippen molar-refractivity contribution in [3.8, 4) is 0 Å². The lowest BCUT2D eigenvalue weighted by molar-refractivity contribution is -0.156. The van der Waals surface area contributed by atoms with Crippen molar-refractivity contribution in [1.29, 1.82) is 0 Å². The highest BCUT2D eigenvalue weighted by Gasteiger charge is 2.41. The molecule has 44 heteroatoms. The van der Waals surface area contributed by atoms with E-state index in [1.54, 1.807) is 30.5 Å². The van der Waals surface area contributed by atoms with Crippen molar-refractivity contribution in [1.82, 2.24) is 74.1 Å². The molecule has 0 bridgehead atoms. The summed E-state index contributed by atoms with van der Waals surface area (Å²) in [4.78, 5) is 289. The summed E-state index contributed by atoms with van der Waals surface area (Å²) in [5.41, 5.74) is 23.4. The van der Waals surface area contributed by atoms with Gasteiger partial charge in [-0.05, 0) is 75.8 Å². The molecule has 2 aromatic carbocycles. The molecule has 1 aromatic heterocycles. The van der Waals surface area contributed by atoms with E-state index in [0.717, 1.165) is 39.5 Å². The van der Waals surface area contributed by atoms with E-state index in [9.17, 15) is 121 Å². The summed E-state index contributed by atoms with van der Waals surface area (Å²) in [6, 6.07) is -10.8. The van der Waals surface area contributed by atoms with Gasteiger partial charge in [-0.3, -0.25) is 95.9 Å². The number of amides is 15. The Bertz CT molecular complexity index is 4150. The zero-order chi connectivity index (χ0) is 87.3. The first kappa shape index (κ1) is 96.2. The number of aliphatic carboxylic acids is 4. The van der Waals surface area contributed by atoms with Crippen LogP contribution < -0.4 is 92.1 Å². The van der Waals surface area contributed by atoms with Crippen LogP contribution in [0.25, 0.3) is 10.9 Å². The molecule has 2 heterocycles. The number of carbonyl (C=O) groups excluding carboxylic acids is 17. The number of ketones is 1. The van der Waals surface area contributed by atoms with E-state index in [-0.39, 0.29) is 37.1 Å². The number of carbonyl (C=O) groups is 21. The van der Waals surface area contributed by atoms with Gasteiger partial charge in [-0.1, -0.05) is 76.3 Å². The number of carboxylic acid groups (broad SMARTS) is 4. The van der Waals surface area contributed by atoms with Gasteiger partial charge in [0.15, 0.2) is 5.78 Å². The lowest BCUT2D eigenvalue weighted by Gasteiger charge is -2.29. The minimum atomic E-state index is -2.46. The maximum absolute atomic E-state index is 14.8. The highest BCUT2D eigenvalue weighted by molar-refractivity contribution is 6.05. The number of hydrogen-bond acceptors (Lipinski definition) is 24. The fourth-order valence-corrected chi connectivity index (χ4v) is 11.8. The number of primary amides is 2. The van der Waals surface area contributed by atoms with E-state index in [4.69, 9.17) is 27.7 Å². The number of nitrogens with one attached hydrogen (secondary N) is 14. The average molecular weight is 1650 g/mol. The molecule has 13 unspecified atom stereocenters. The van der Waals surface area contributed by atoms with Gasteiger partial charge in [0.1, 0.15) is 72.6 Å². The monoisotopic (exact) mass is 1650 g/mol. The first-order valence-electron chi connectivity index (χ1n) is 37.3. The van der Waals surface area contributed by atoms with E-state index >= 15 is 0 Å². The molecular weight excluding hydrogens is 1540 g/mol. The summed E-state index contributed by atoms with van der Waals surface area (Å²) >= 11 is 0. The predicted molar refractivity (Wildman–Crippen MR) is 407 cm³/mol. The smallest absolute Gasteiger partial charge is 0.329 e. The third kappa shape index (κ3) is 33.8. The Morgan fingerprint density at radius 2 is 1.05 bits per heavy atom. The molecule has 13 atom stereocenters. The van der Waals surface area contributed by atoms with E-state index in [1.165, 1.54) is 24.3 Å². The summed E-state index contributed by atoms with van der Waals surface area (Å²) in [5.74, 6) is -29.3. The molecule has 0 spiro atoms. The third-order valence-electron chi connectivity index (χ3n) is 18.3. The van der Waals surface area contributed by atoms with E-state index < -0.39 is 268 Å². The Labute approximate surface area is 668 Å². The summed E-state index contributed by atoms with van der Waals surface area (Å²) in [7, 11) is 0. The molecule has 117 heavy (non-hydrogen) atoms. The molecule has 15 amide bonds. The Hall–Kier alpha value is -13.2. The Balaban J connectivity index is 1.88. The Morgan fingerprint density at radius 3 is 1.65 bits per heavy atom. The van der Waals surface area contributed by atoms with Crippen LogP contribution in [-0.4, -0.2) is 242 Å². The number of cyclic esters (lactones) is 1. The number of Topliss-reactive ketones (excluding diaryl/α,β-unsaturated/α-hetero) is 1. The third-order valence-corrected chi connectivity index (χ3v) is 18.3. The van der Waals surface area contributed by atoms with Crippen LogP contribution in [0.1, 0.15) is 153 Å². The second-order valence-corrected chi connectivity index (χ2v) is 27.8. The minimum Gasteiger partial charge on any atom is -0.481 e. The highest BCUT2D eigenvalue weighted by atomic mass is 16.5. The number of carboxylic acids is 4. The van der Waals surface area contributed by atoms with E-state index in [0.29, 0.717) is 35.2 Å². The fraction of sp³-hybridized carbons (Fsp3) is 0.521. The Morgan fingerprint density at radius 1 is 0.521 bits per heavy atom. The molecule has 26 N–H and O–H groups in total. The molecule has 640 valence electrons. The number of unbranched alkanes of at least 4 members (excludes halogenated alkanes) is 3. The van der Waals surface area contributed by atoms with Gasteiger partial charge in [-0.25, -0.2) is 4.79 Å². The number of esters is 1. The lowest BCUT2D eigenvalue weighted by atomic mass is 10.00. The van der Waals surface area contributed by atoms with Crippen molar-refractivity contribution in [3.05, 3.63) is 65.9 Å². The minimum absolute atomic E-state index is 0.0273. The maximum Gasteiger partial charge on any atom is 0.329 e. The molecule has 4 rings (SSSR count). The number of rotatable bonds is 36. The van der Waals surface area contributed by atoms with Crippen molar-refractivity contribution in [2.24, 2.45) is 23.1 Å². The van der Waals surface area contributed by atoms with Crippen LogP contribution in [0.15, 0.2) is 54.7 Å². The fourth-order valence-electron chi connectivity index (χ4n) is 11.8. The number of para-hydroxylation sites is 2. The van der Waals surface area contributed by atoms with Crippen LogP contribution >= 0.6 is 0 Å². The summed E-state index contributed by atoms with van der Waals surface area (Å²) in [6.07, 6.45) is -5.61. The standard InChI is InChI=1S/C73H102N18O26/c1-5-35(2)15-8-6-7-9-21-55(95)83-45(25-38-32-78-42-19-13-11-16-39(38)42)68(111)87-47(28-54(77)94)70(113)89-50(31-61(104)105)71(114)91-62-37(4)117-73(116)51(26-52(92)40-17-10-12-18-41(40)75)90-66(109)44(22-23-58(98)99)85-69(112)46(27-53(76)93)84-57(97)33-79-64(107)48(29-59(100)101)86-63(106)36(3)81-67(110)49(30-60(102)103)88-65(108)43(20-14-24-74)82-56(96)34-80-72(62)115/h10-13,16-19,32,35-37,43-51,62,78H,5-9,14-15,20-31,33-34,74-75H2,1-4H3,(H2,76,93)(H2,77,94)(H,79,107)(H,80,115)(H,81,110)(H,82,96)(H,83,95)(H,84,97)(H,85,112)(H,86,106)(H,87,111)(H,88,108)(H,89,113)(H,90,109)(H,91,114)(H,98,99)(H,100,101)(H,102,103)(H,104,105). The van der Waals surface area contributed by atoms with Crippen LogP contribution in [0.2, 0.25) is 0 Å². The number of aromatic amines is 1. The molecule has 44 nitrogen and oxygen atoms in total. The molecule has 0 aliphatic carbocycles. The molecular formula is C73H102N18O26. The van der Waals surface area contributed by atoms with Gasteiger partial charge in [-0.15, -0.1) is 0 Å². The first-order valence-corrected chi connectivity index (χ1v) is 37.3. The topological polar surface area (TPSA) is 725 Å². The quantitative estimate of drug-likeness (QED) is 0.0112. The Kier molecular flexibility index (Phi) is 39.6. The molecule has 1 fully saturated rings. The van der Waals surface area contributed by atoms with Crippen LogP contribution in [0.4, 0.5) is 5.69 Å². The second kappa shape index (κ2) is 48.1. The zero-order valence-corrected chi connectivity index (χ0v) is 64.6. The summed E-state index contributed by atoms with van der Waals surface area (Å²) in [6.45, 7) is 3.41. The molecule has 0 radical (unpaired) electrons. The molecule has 0 saturated carbocycles. The van der Waals surface area contributed by atoms with Gasteiger partial charge >= 0.3 is 29.8 Å². The van der Waals surface area contributed by atoms with E-state index in [2.05, 4.69) is 72.0 Å². The number of nitrogen functional groups attached to an aromatic ring is 1.